The van der Waals surface area contributed by atoms with Crippen molar-refractivity contribution >= 4 is 23.3 Å². The molecule has 0 bridgehead atoms. The van der Waals surface area contributed by atoms with Crippen LogP contribution in [0.25, 0.3) is 0 Å². The molecule has 0 spiro atoms. The fraction of sp³-hybridized carbons (Fsp3) is 0.278. The van der Waals surface area contributed by atoms with E-state index < -0.39 is 7.14 Å². The molecule has 1 fully saturated rings. The zero-order chi connectivity index (χ0) is 14.7. The first kappa shape index (κ1) is 14.3. The summed E-state index contributed by atoms with van der Waals surface area (Å²) in [6, 6.07) is 18.5. The average molecular weight is 298 g/mol. The molecule has 0 heterocycles. The van der Waals surface area contributed by atoms with E-state index in [1.807, 2.05) is 60.7 Å². The minimum absolute atomic E-state index is 0.0451. The lowest BCUT2D eigenvalue weighted by Gasteiger charge is -2.21. The standard InChI is InChI=1S/C18H19O2P/c19-18(15-9-7-8-10-15)21(20,16-11-3-1-4-12-16)17-13-5-2-6-14-17/h1-6,11-15H,7-10H2. The van der Waals surface area contributed by atoms with Gasteiger partial charge in [-0.05, 0) is 12.8 Å². The van der Waals surface area contributed by atoms with Crippen molar-refractivity contribution in [3.8, 4) is 0 Å². The van der Waals surface area contributed by atoms with Crippen LogP contribution in [0.2, 0.25) is 0 Å². The molecule has 2 aromatic rings. The number of benzene rings is 2. The Morgan fingerprint density at radius 1 is 0.810 bits per heavy atom. The van der Waals surface area contributed by atoms with Gasteiger partial charge in [-0.25, -0.2) is 0 Å². The van der Waals surface area contributed by atoms with Gasteiger partial charge in [-0.3, -0.25) is 4.79 Å². The predicted octanol–water partition coefficient (Wildman–Crippen LogP) is 3.72. The highest BCUT2D eigenvalue weighted by Gasteiger charge is 2.40. The molecule has 2 aromatic carbocycles. The zero-order valence-corrected chi connectivity index (χ0v) is 12.8. The molecule has 0 radical (unpaired) electrons. The Kier molecular flexibility index (Phi) is 4.07. The van der Waals surface area contributed by atoms with Crippen LogP contribution in [0.3, 0.4) is 0 Å². The maximum absolute atomic E-state index is 13.8. The molecule has 0 atom stereocenters. The van der Waals surface area contributed by atoms with E-state index in [-0.39, 0.29) is 11.4 Å². The molecule has 21 heavy (non-hydrogen) atoms. The van der Waals surface area contributed by atoms with Crippen molar-refractivity contribution in [2.75, 3.05) is 0 Å². The minimum Gasteiger partial charge on any atom is -0.306 e. The first-order valence-electron chi connectivity index (χ1n) is 7.48. The third-order valence-electron chi connectivity index (χ3n) is 4.25. The Hall–Kier alpha value is -1.66. The van der Waals surface area contributed by atoms with Gasteiger partial charge in [0.2, 0.25) is 12.7 Å². The Balaban J connectivity index is 2.11. The molecule has 0 saturated heterocycles. The SMILES string of the molecule is O=C(C1CCCC1)P(=O)(c1ccccc1)c1ccccc1. The first-order chi connectivity index (χ1) is 10.2. The summed E-state index contributed by atoms with van der Waals surface area (Å²) in [7, 11) is -3.20. The maximum atomic E-state index is 13.8. The fourth-order valence-electron chi connectivity index (χ4n) is 3.11. The summed E-state index contributed by atoms with van der Waals surface area (Å²) in [5.74, 6) is -0.0451. The fourth-order valence-corrected chi connectivity index (χ4v) is 5.87. The highest BCUT2D eigenvalue weighted by atomic mass is 31.2. The number of carbonyl (C=O) groups excluding carboxylic acids is 1. The largest absolute Gasteiger partial charge is 0.306 e. The maximum Gasteiger partial charge on any atom is 0.205 e. The number of hydrogen-bond donors (Lipinski definition) is 0. The third kappa shape index (κ3) is 2.61. The van der Waals surface area contributed by atoms with Crippen LogP contribution >= 0.6 is 7.14 Å². The molecule has 1 aliphatic rings. The van der Waals surface area contributed by atoms with Gasteiger partial charge in [-0.15, -0.1) is 0 Å². The highest BCUT2D eigenvalue weighted by Crippen LogP contribution is 2.49. The van der Waals surface area contributed by atoms with E-state index in [4.69, 9.17) is 0 Å². The zero-order valence-electron chi connectivity index (χ0n) is 11.9. The van der Waals surface area contributed by atoms with Gasteiger partial charge in [0.15, 0.2) is 0 Å². The van der Waals surface area contributed by atoms with Gasteiger partial charge in [0, 0.05) is 16.5 Å². The lowest BCUT2D eigenvalue weighted by molar-refractivity contribution is -0.115. The monoisotopic (exact) mass is 298 g/mol. The second-order valence-electron chi connectivity index (χ2n) is 5.60. The topological polar surface area (TPSA) is 34.1 Å². The van der Waals surface area contributed by atoms with E-state index in [1.165, 1.54) is 0 Å². The van der Waals surface area contributed by atoms with Crippen LogP contribution in [-0.4, -0.2) is 5.52 Å². The number of hydrogen-bond acceptors (Lipinski definition) is 2. The summed E-state index contributed by atoms with van der Waals surface area (Å²) in [5, 5.41) is 1.32. The van der Waals surface area contributed by atoms with Crippen LogP contribution in [0.4, 0.5) is 0 Å². The van der Waals surface area contributed by atoms with Crippen molar-refractivity contribution in [3.05, 3.63) is 60.7 Å². The van der Waals surface area contributed by atoms with E-state index in [9.17, 15) is 9.36 Å². The van der Waals surface area contributed by atoms with Gasteiger partial charge in [0.1, 0.15) is 0 Å². The Morgan fingerprint density at radius 3 is 1.67 bits per heavy atom. The van der Waals surface area contributed by atoms with Gasteiger partial charge >= 0.3 is 0 Å². The van der Waals surface area contributed by atoms with E-state index in [1.54, 1.807) is 0 Å². The molecule has 1 aliphatic carbocycles. The second kappa shape index (κ2) is 5.99. The summed E-state index contributed by atoms with van der Waals surface area (Å²) < 4.78 is 13.8. The molecule has 1 saturated carbocycles. The summed E-state index contributed by atoms with van der Waals surface area (Å²) in [6.45, 7) is 0. The Labute approximate surface area is 125 Å². The van der Waals surface area contributed by atoms with Crippen LogP contribution in [0.1, 0.15) is 25.7 Å². The summed E-state index contributed by atoms with van der Waals surface area (Å²) >= 11 is 0. The number of carbonyl (C=O) groups is 1. The summed E-state index contributed by atoms with van der Waals surface area (Å²) in [5.41, 5.74) is -0.0580. The van der Waals surface area contributed by atoms with Crippen molar-refractivity contribution in [3.63, 3.8) is 0 Å². The van der Waals surface area contributed by atoms with Crippen LogP contribution in [0, 0.1) is 5.92 Å². The van der Waals surface area contributed by atoms with Crippen molar-refractivity contribution in [1.82, 2.24) is 0 Å². The summed E-state index contributed by atoms with van der Waals surface area (Å²) in [6.07, 6.45) is 3.89. The molecule has 108 valence electrons. The van der Waals surface area contributed by atoms with Gasteiger partial charge in [0.05, 0.1) is 0 Å². The summed E-state index contributed by atoms with van der Waals surface area (Å²) in [4.78, 5) is 13.0. The van der Waals surface area contributed by atoms with Crippen molar-refractivity contribution in [1.29, 1.82) is 0 Å². The van der Waals surface area contributed by atoms with Crippen LogP contribution in [-0.2, 0) is 9.36 Å². The van der Waals surface area contributed by atoms with Gasteiger partial charge in [0.25, 0.3) is 0 Å². The minimum atomic E-state index is -3.20. The molecular weight excluding hydrogens is 279 g/mol. The van der Waals surface area contributed by atoms with E-state index >= 15 is 0 Å². The second-order valence-corrected chi connectivity index (χ2v) is 8.29. The van der Waals surface area contributed by atoms with Crippen molar-refractivity contribution in [2.24, 2.45) is 5.92 Å². The first-order valence-corrected chi connectivity index (χ1v) is 9.19. The lowest BCUT2D eigenvalue weighted by atomic mass is 10.1. The molecule has 2 nitrogen and oxygen atoms in total. The predicted molar refractivity (Wildman–Crippen MR) is 86.7 cm³/mol. The smallest absolute Gasteiger partial charge is 0.205 e. The van der Waals surface area contributed by atoms with Gasteiger partial charge < -0.3 is 4.57 Å². The Bertz CT molecular complexity index is 615. The third-order valence-corrected chi connectivity index (χ3v) is 7.29. The van der Waals surface area contributed by atoms with E-state index in [0.717, 1.165) is 25.7 Å². The van der Waals surface area contributed by atoms with Crippen molar-refractivity contribution < 1.29 is 9.36 Å². The van der Waals surface area contributed by atoms with Crippen molar-refractivity contribution in [2.45, 2.75) is 25.7 Å². The lowest BCUT2D eigenvalue weighted by Crippen LogP contribution is -2.26. The van der Waals surface area contributed by atoms with Crippen LogP contribution in [0.5, 0.6) is 0 Å². The molecule has 0 N–H and O–H groups in total. The van der Waals surface area contributed by atoms with E-state index in [2.05, 4.69) is 0 Å². The van der Waals surface area contributed by atoms with Crippen LogP contribution < -0.4 is 10.6 Å². The normalized spacial score (nSPS) is 16.0. The molecule has 0 amide bonds. The molecule has 3 heteroatoms. The average Bonchev–Trinajstić information content (AvgIpc) is 3.09. The quantitative estimate of drug-likeness (QED) is 0.806. The van der Waals surface area contributed by atoms with E-state index in [0.29, 0.717) is 10.6 Å². The molecule has 0 unspecified atom stereocenters. The number of rotatable bonds is 4. The Morgan fingerprint density at radius 2 is 1.24 bits per heavy atom. The molecular formula is C18H19O2P. The molecule has 0 aliphatic heterocycles. The van der Waals surface area contributed by atoms with Gasteiger partial charge in [-0.1, -0.05) is 73.5 Å². The highest BCUT2D eigenvalue weighted by molar-refractivity contribution is 7.93. The van der Waals surface area contributed by atoms with Crippen LogP contribution in [0.15, 0.2) is 60.7 Å². The van der Waals surface area contributed by atoms with Gasteiger partial charge in [-0.2, -0.15) is 0 Å². The molecule has 3 rings (SSSR count). The molecule has 0 aromatic heterocycles.